The summed E-state index contributed by atoms with van der Waals surface area (Å²) in [5.74, 6) is -0.297. The van der Waals surface area contributed by atoms with Crippen LogP contribution in [0.15, 0.2) is 40.9 Å². The van der Waals surface area contributed by atoms with E-state index in [1.165, 1.54) is 6.07 Å². The molecule has 2 aromatic carbocycles. The summed E-state index contributed by atoms with van der Waals surface area (Å²) in [7, 11) is 0. The highest BCUT2D eigenvalue weighted by Gasteiger charge is 2.09. The Labute approximate surface area is 107 Å². The van der Waals surface area contributed by atoms with E-state index in [0.717, 1.165) is 15.6 Å². The van der Waals surface area contributed by atoms with Gasteiger partial charge in [0.05, 0.1) is 5.02 Å². The molecule has 2 aromatic rings. The Hall–Kier alpha value is -0.860. The zero-order valence-corrected chi connectivity index (χ0v) is 10.9. The minimum Gasteiger partial charge on any atom is -0.206 e. The SMILES string of the molecule is Cc1cc(-c2c(F)cccc2Cl)ccc1Br. The summed E-state index contributed by atoms with van der Waals surface area (Å²) in [5.41, 5.74) is 2.31. The number of hydrogen-bond donors (Lipinski definition) is 0. The van der Waals surface area contributed by atoms with Crippen LogP contribution in [-0.2, 0) is 0 Å². The zero-order valence-electron chi connectivity index (χ0n) is 8.60. The first-order valence-electron chi connectivity index (χ1n) is 4.80. The van der Waals surface area contributed by atoms with Gasteiger partial charge in [-0.25, -0.2) is 4.39 Å². The molecule has 0 heterocycles. The second-order valence-corrected chi connectivity index (χ2v) is 4.82. The first-order valence-corrected chi connectivity index (χ1v) is 5.97. The summed E-state index contributed by atoms with van der Waals surface area (Å²) in [6.45, 7) is 1.96. The van der Waals surface area contributed by atoms with Gasteiger partial charge in [-0.2, -0.15) is 0 Å². The van der Waals surface area contributed by atoms with E-state index in [0.29, 0.717) is 10.6 Å². The molecule has 82 valence electrons. The van der Waals surface area contributed by atoms with Gasteiger partial charge in [0, 0.05) is 10.0 Å². The maximum Gasteiger partial charge on any atom is 0.132 e. The summed E-state index contributed by atoms with van der Waals surface area (Å²) >= 11 is 9.42. The predicted molar refractivity (Wildman–Crippen MR) is 69.3 cm³/mol. The van der Waals surface area contributed by atoms with Crippen molar-refractivity contribution in [3.05, 3.63) is 57.3 Å². The van der Waals surface area contributed by atoms with Gasteiger partial charge in [0.25, 0.3) is 0 Å². The van der Waals surface area contributed by atoms with Gasteiger partial charge in [-0.05, 0) is 36.2 Å². The fraction of sp³-hybridized carbons (Fsp3) is 0.0769. The Bertz CT molecular complexity index is 517. The molecular formula is C13H9BrClF. The third-order valence-electron chi connectivity index (χ3n) is 2.41. The summed E-state index contributed by atoms with van der Waals surface area (Å²) in [6.07, 6.45) is 0. The molecule has 0 aliphatic rings. The highest BCUT2D eigenvalue weighted by Crippen LogP contribution is 2.32. The van der Waals surface area contributed by atoms with Crippen LogP contribution >= 0.6 is 27.5 Å². The molecule has 0 saturated heterocycles. The molecule has 0 amide bonds. The maximum atomic E-state index is 13.7. The van der Waals surface area contributed by atoms with Crippen molar-refractivity contribution < 1.29 is 4.39 Å². The maximum absolute atomic E-state index is 13.7. The van der Waals surface area contributed by atoms with Crippen molar-refractivity contribution in [3.8, 4) is 11.1 Å². The molecule has 3 heteroatoms. The van der Waals surface area contributed by atoms with Crippen molar-refractivity contribution in [2.75, 3.05) is 0 Å². The lowest BCUT2D eigenvalue weighted by Gasteiger charge is -2.07. The lowest BCUT2D eigenvalue weighted by Crippen LogP contribution is -1.87. The molecule has 0 N–H and O–H groups in total. The van der Waals surface area contributed by atoms with Crippen LogP contribution in [0.25, 0.3) is 11.1 Å². The third-order valence-corrected chi connectivity index (χ3v) is 3.61. The molecule has 0 radical (unpaired) electrons. The molecule has 0 fully saturated rings. The fourth-order valence-corrected chi connectivity index (χ4v) is 2.09. The fourth-order valence-electron chi connectivity index (χ4n) is 1.57. The van der Waals surface area contributed by atoms with Crippen molar-refractivity contribution in [3.63, 3.8) is 0 Å². The average molecular weight is 300 g/mol. The molecule has 16 heavy (non-hydrogen) atoms. The van der Waals surface area contributed by atoms with Gasteiger partial charge >= 0.3 is 0 Å². The summed E-state index contributed by atoms with van der Waals surface area (Å²) in [5, 5.41) is 0.432. The van der Waals surface area contributed by atoms with Crippen LogP contribution < -0.4 is 0 Å². The van der Waals surface area contributed by atoms with Crippen LogP contribution in [0, 0.1) is 12.7 Å². The molecule has 0 aliphatic heterocycles. The lowest BCUT2D eigenvalue weighted by atomic mass is 10.0. The lowest BCUT2D eigenvalue weighted by molar-refractivity contribution is 0.631. The number of rotatable bonds is 1. The highest BCUT2D eigenvalue weighted by molar-refractivity contribution is 9.10. The van der Waals surface area contributed by atoms with Crippen LogP contribution in [0.2, 0.25) is 5.02 Å². The van der Waals surface area contributed by atoms with Gasteiger partial charge in [-0.15, -0.1) is 0 Å². The van der Waals surface area contributed by atoms with Gasteiger partial charge in [0.15, 0.2) is 0 Å². The minimum absolute atomic E-state index is 0.297. The molecular weight excluding hydrogens is 290 g/mol. The molecule has 0 atom stereocenters. The Morgan fingerprint density at radius 3 is 2.56 bits per heavy atom. The number of aryl methyl sites for hydroxylation is 1. The molecule has 2 rings (SSSR count). The van der Waals surface area contributed by atoms with E-state index in [-0.39, 0.29) is 5.82 Å². The van der Waals surface area contributed by atoms with Crippen LogP contribution in [0.1, 0.15) is 5.56 Å². The Kier molecular flexibility index (Phi) is 3.31. The van der Waals surface area contributed by atoms with Crippen molar-refractivity contribution in [1.29, 1.82) is 0 Å². The van der Waals surface area contributed by atoms with E-state index in [1.54, 1.807) is 12.1 Å². The monoisotopic (exact) mass is 298 g/mol. The zero-order chi connectivity index (χ0) is 11.7. The molecule has 0 unspecified atom stereocenters. The number of benzene rings is 2. The first-order chi connectivity index (χ1) is 7.59. The standard InChI is InChI=1S/C13H9BrClF/c1-8-7-9(5-6-10(8)14)13-11(15)3-2-4-12(13)16/h2-7H,1H3. The largest absolute Gasteiger partial charge is 0.206 e. The van der Waals surface area contributed by atoms with Crippen molar-refractivity contribution in [1.82, 2.24) is 0 Å². The van der Waals surface area contributed by atoms with Gasteiger partial charge in [-0.3, -0.25) is 0 Å². The third kappa shape index (κ3) is 2.13. The van der Waals surface area contributed by atoms with E-state index in [9.17, 15) is 4.39 Å². The van der Waals surface area contributed by atoms with E-state index in [2.05, 4.69) is 15.9 Å². The van der Waals surface area contributed by atoms with Gasteiger partial charge in [-0.1, -0.05) is 45.7 Å². The van der Waals surface area contributed by atoms with Crippen LogP contribution in [-0.4, -0.2) is 0 Å². The van der Waals surface area contributed by atoms with Crippen molar-refractivity contribution >= 4 is 27.5 Å². The minimum atomic E-state index is -0.297. The molecule has 0 bridgehead atoms. The number of halogens is 3. The topological polar surface area (TPSA) is 0 Å². The molecule has 0 nitrogen and oxygen atoms in total. The molecule has 0 saturated carbocycles. The molecule has 0 aromatic heterocycles. The second-order valence-electron chi connectivity index (χ2n) is 3.56. The van der Waals surface area contributed by atoms with E-state index >= 15 is 0 Å². The Morgan fingerprint density at radius 1 is 1.19 bits per heavy atom. The van der Waals surface area contributed by atoms with Crippen LogP contribution in [0.5, 0.6) is 0 Å². The van der Waals surface area contributed by atoms with Gasteiger partial charge < -0.3 is 0 Å². The smallest absolute Gasteiger partial charge is 0.132 e. The highest BCUT2D eigenvalue weighted by atomic mass is 79.9. The summed E-state index contributed by atoms with van der Waals surface area (Å²) < 4.78 is 14.7. The molecule has 0 aliphatic carbocycles. The number of hydrogen-bond acceptors (Lipinski definition) is 0. The van der Waals surface area contributed by atoms with Gasteiger partial charge in [0.1, 0.15) is 5.82 Å². The summed E-state index contributed by atoms with van der Waals surface area (Å²) in [6, 6.07) is 10.4. The summed E-state index contributed by atoms with van der Waals surface area (Å²) in [4.78, 5) is 0. The normalized spacial score (nSPS) is 10.5. The first kappa shape index (κ1) is 11.6. The van der Waals surface area contributed by atoms with E-state index < -0.39 is 0 Å². The van der Waals surface area contributed by atoms with E-state index in [1.807, 2.05) is 25.1 Å². The molecule has 0 spiro atoms. The van der Waals surface area contributed by atoms with Crippen LogP contribution in [0.3, 0.4) is 0 Å². The average Bonchev–Trinajstić information content (AvgIpc) is 2.23. The van der Waals surface area contributed by atoms with Crippen LogP contribution in [0.4, 0.5) is 4.39 Å². The van der Waals surface area contributed by atoms with Gasteiger partial charge in [0.2, 0.25) is 0 Å². The van der Waals surface area contributed by atoms with Crippen molar-refractivity contribution in [2.24, 2.45) is 0 Å². The Morgan fingerprint density at radius 2 is 1.94 bits per heavy atom. The van der Waals surface area contributed by atoms with Crippen molar-refractivity contribution in [2.45, 2.75) is 6.92 Å². The van der Waals surface area contributed by atoms with E-state index in [4.69, 9.17) is 11.6 Å². The Balaban J connectivity index is 2.63. The quantitative estimate of drug-likeness (QED) is 0.677. The second kappa shape index (κ2) is 4.56. The predicted octanol–water partition coefficient (Wildman–Crippen LogP) is 5.22.